The maximum Gasteiger partial charge on any atom is 0.508 e. The monoisotopic (exact) mass is 824 g/mol. The van der Waals surface area contributed by atoms with E-state index in [-0.39, 0.29) is 24.3 Å². The number of nitrogens with zero attached hydrogens (tertiary/aromatic N) is 1. The molecule has 7 heteroatoms. The van der Waals surface area contributed by atoms with Gasteiger partial charge in [0.2, 0.25) is 0 Å². The summed E-state index contributed by atoms with van der Waals surface area (Å²) in [5.74, 6) is 6.00. The molecule has 0 heterocycles. The van der Waals surface area contributed by atoms with Crippen molar-refractivity contribution in [1.82, 2.24) is 4.90 Å². The summed E-state index contributed by atoms with van der Waals surface area (Å²) in [5, 5.41) is 0. The van der Waals surface area contributed by atoms with E-state index < -0.39 is 6.16 Å². The van der Waals surface area contributed by atoms with Crippen molar-refractivity contribution in [3.05, 3.63) is 0 Å². The first kappa shape index (κ1) is 45.7. The molecule has 7 aliphatic carbocycles. The summed E-state index contributed by atoms with van der Waals surface area (Å²) in [6.07, 6.45) is 34.9. The number of esters is 1. The van der Waals surface area contributed by atoms with Crippen LogP contribution >= 0.6 is 0 Å². The van der Waals surface area contributed by atoms with Gasteiger partial charge < -0.3 is 18.9 Å². The first-order chi connectivity index (χ1) is 28.5. The van der Waals surface area contributed by atoms with Gasteiger partial charge in [-0.1, -0.05) is 27.7 Å². The second kappa shape index (κ2) is 21.4. The van der Waals surface area contributed by atoms with Crippen LogP contribution < -0.4 is 0 Å². The van der Waals surface area contributed by atoms with Gasteiger partial charge in [-0.05, 0) is 233 Å². The zero-order valence-corrected chi connectivity index (χ0v) is 38.9. The number of carbonyl (C=O) groups is 2. The molecular formula is C52H89NO6. The van der Waals surface area contributed by atoms with Crippen molar-refractivity contribution >= 4 is 12.1 Å². The third kappa shape index (κ3) is 11.6. The number of ether oxygens (including phenoxy) is 4. The van der Waals surface area contributed by atoms with Crippen LogP contribution in [0, 0.1) is 52.8 Å². The number of rotatable bonds is 12. The molecule has 338 valence electrons. The van der Waals surface area contributed by atoms with Crippen LogP contribution in [0.4, 0.5) is 4.79 Å². The fourth-order valence-corrected chi connectivity index (χ4v) is 15.1. The molecule has 7 rings (SSSR count). The van der Waals surface area contributed by atoms with E-state index >= 15 is 0 Å². The lowest BCUT2D eigenvalue weighted by atomic mass is 9.52. The third-order valence-electron chi connectivity index (χ3n) is 19.0. The molecule has 0 saturated heterocycles. The van der Waals surface area contributed by atoms with Gasteiger partial charge in [-0.25, -0.2) is 4.79 Å². The normalized spacial score (nSPS) is 41.6. The highest BCUT2D eigenvalue weighted by Crippen LogP contribution is 2.57. The molecule has 7 aliphatic rings. The van der Waals surface area contributed by atoms with Gasteiger partial charge >= 0.3 is 12.1 Å². The van der Waals surface area contributed by atoms with Crippen LogP contribution in [0.15, 0.2) is 0 Å². The summed E-state index contributed by atoms with van der Waals surface area (Å²) in [7, 11) is 1.91. The first-order valence-electron chi connectivity index (χ1n) is 25.8. The Morgan fingerprint density at radius 1 is 0.475 bits per heavy atom. The van der Waals surface area contributed by atoms with Crippen molar-refractivity contribution in [2.75, 3.05) is 7.11 Å². The molecule has 0 aromatic carbocycles. The van der Waals surface area contributed by atoms with Crippen molar-refractivity contribution in [3.8, 4) is 0 Å². The minimum Gasteiger partial charge on any atom is -0.463 e. The van der Waals surface area contributed by atoms with E-state index in [1.165, 1.54) is 122 Å². The lowest BCUT2D eigenvalue weighted by Gasteiger charge is -2.56. The summed E-state index contributed by atoms with van der Waals surface area (Å²) in [4.78, 5) is 27.8. The van der Waals surface area contributed by atoms with E-state index in [1.807, 2.05) is 7.11 Å². The molecule has 0 amide bonds. The molecular weight excluding hydrogens is 735 g/mol. The predicted octanol–water partition coefficient (Wildman–Crippen LogP) is 13.2. The van der Waals surface area contributed by atoms with Crippen molar-refractivity contribution in [2.45, 2.75) is 257 Å². The average molecular weight is 824 g/mol. The van der Waals surface area contributed by atoms with E-state index in [2.05, 4.69) is 32.6 Å². The molecule has 0 aromatic heterocycles. The standard InChI is InChI=1S/C52H89NO6/c1-35-7-21-44(22-8-35)53(45-23-9-36(2)10-24-45)46-25-15-41(16-26-46)52(5,42-17-31-47(56-6)32-18-42)43-19-33-50(34-20-43)59-51(55)58-49-29-13-40(14-30-49)37(3)39-11-27-48(28-12-39)57-38(4)54/h35-37,39-50H,7-34H2,1-6H3. The van der Waals surface area contributed by atoms with Crippen LogP contribution in [0.3, 0.4) is 0 Å². The summed E-state index contributed by atoms with van der Waals surface area (Å²) in [6.45, 7) is 11.7. The Morgan fingerprint density at radius 2 is 0.797 bits per heavy atom. The molecule has 0 aromatic rings. The Kier molecular flexibility index (Phi) is 16.5. The first-order valence-corrected chi connectivity index (χ1v) is 25.8. The average Bonchev–Trinajstić information content (AvgIpc) is 3.25. The Balaban J connectivity index is 0.899. The van der Waals surface area contributed by atoms with Gasteiger partial charge in [0.05, 0.1) is 6.10 Å². The molecule has 2 unspecified atom stereocenters. The molecule has 0 radical (unpaired) electrons. The Bertz CT molecular complexity index is 1250. The molecule has 2 atom stereocenters. The van der Waals surface area contributed by atoms with E-state index in [0.717, 1.165) is 106 Å². The molecule has 0 N–H and O–H groups in total. The minimum absolute atomic E-state index is 0.00795. The largest absolute Gasteiger partial charge is 0.508 e. The molecule has 7 nitrogen and oxygen atoms in total. The Hall–Kier alpha value is -1.34. The second-order valence-electron chi connectivity index (χ2n) is 22.4. The summed E-state index contributed by atoms with van der Waals surface area (Å²) >= 11 is 0. The number of hydrogen-bond acceptors (Lipinski definition) is 7. The predicted molar refractivity (Wildman–Crippen MR) is 237 cm³/mol. The second-order valence-corrected chi connectivity index (χ2v) is 22.4. The number of carbonyl (C=O) groups excluding carboxylic acids is 2. The Labute approximate surface area is 361 Å². The maximum absolute atomic E-state index is 13.2. The molecule has 0 spiro atoms. The van der Waals surface area contributed by atoms with Gasteiger partial charge in [0.15, 0.2) is 0 Å². The van der Waals surface area contributed by atoms with E-state index in [9.17, 15) is 9.59 Å². The quantitative estimate of drug-likeness (QED) is 0.181. The van der Waals surface area contributed by atoms with Crippen LogP contribution in [-0.2, 0) is 23.7 Å². The molecule has 7 fully saturated rings. The van der Waals surface area contributed by atoms with Crippen molar-refractivity contribution < 1.29 is 28.5 Å². The smallest absolute Gasteiger partial charge is 0.463 e. The minimum atomic E-state index is -0.419. The van der Waals surface area contributed by atoms with Crippen molar-refractivity contribution in [1.29, 1.82) is 0 Å². The third-order valence-corrected chi connectivity index (χ3v) is 19.0. The lowest BCUT2D eigenvalue weighted by Crippen LogP contribution is -2.54. The molecule has 7 saturated carbocycles. The van der Waals surface area contributed by atoms with Gasteiger partial charge in [0, 0.05) is 32.2 Å². The van der Waals surface area contributed by atoms with Crippen LogP contribution in [-0.4, -0.2) is 66.7 Å². The van der Waals surface area contributed by atoms with E-state index in [1.54, 1.807) is 0 Å². The Morgan fingerprint density at radius 3 is 1.17 bits per heavy atom. The molecule has 59 heavy (non-hydrogen) atoms. The zero-order chi connectivity index (χ0) is 41.5. The van der Waals surface area contributed by atoms with Crippen LogP contribution in [0.2, 0.25) is 0 Å². The van der Waals surface area contributed by atoms with Gasteiger partial charge in [0.1, 0.15) is 18.3 Å². The highest BCUT2D eigenvalue weighted by molar-refractivity contribution is 5.66. The van der Waals surface area contributed by atoms with E-state index in [4.69, 9.17) is 18.9 Å². The maximum atomic E-state index is 13.2. The number of hydrogen-bond donors (Lipinski definition) is 0. The fourth-order valence-electron chi connectivity index (χ4n) is 15.1. The van der Waals surface area contributed by atoms with Gasteiger partial charge in [-0.3, -0.25) is 9.69 Å². The summed E-state index contributed by atoms with van der Waals surface area (Å²) in [6, 6.07) is 2.42. The highest BCUT2D eigenvalue weighted by atomic mass is 16.7. The molecule has 0 aliphatic heterocycles. The van der Waals surface area contributed by atoms with Gasteiger partial charge in [-0.2, -0.15) is 0 Å². The van der Waals surface area contributed by atoms with Gasteiger partial charge in [0.25, 0.3) is 0 Å². The van der Waals surface area contributed by atoms with Crippen molar-refractivity contribution in [3.63, 3.8) is 0 Å². The fraction of sp³-hybridized carbons (Fsp3) is 0.962. The number of methoxy groups -OCH3 is 1. The zero-order valence-electron chi connectivity index (χ0n) is 38.9. The summed E-state index contributed by atoms with van der Waals surface area (Å²) < 4.78 is 23.5. The van der Waals surface area contributed by atoms with Crippen molar-refractivity contribution in [2.24, 2.45) is 52.8 Å². The van der Waals surface area contributed by atoms with Crippen LogP contribution in [0.25, 0.3) is 0 Å². The van der Waals surface area contributed by atoms with Gasteiger partial charge in [-0.15, -0.1) is 0 Å². The topological polar surface area (TPSA) is 74.3 Å². The lowest BCUT2D eigenvalue weighted by molar-refractivity contribution is -0.148. The molecule has 0 bridgehead atoms. The van der Waals surface area contributed by atoms with E-state index in [0.29, 0.717) is 35.2 Å². The highest BCUT2D eigenvalue weighted by Gasteiger charge is 2.50. The SMILES string of the molecule is COC1CCC(C(C)(C2CCC(OC(=O)OC3CCC(C(C)C4CCC(OC(C)=O)CC4)CC3)CC2)C2CCC(N(C3CCC(C)CC3)C3CCC(C)CC3)CC2)CC1. The van der Waals surface area contributed by atoms with Crippen LogP contribution in [0.1, 0.15) is 214 Å². The van der Waals surface area contributed by atoms with Crippen LogP contribution in [0.5, 0.6) is 0 Å². The summed E-state index contributed by atoms with van der Waals surface area (Å²) in [5.41, 5.74) is 0.345.